The van der Waals surface area contributed by atoms with Gasteiger partial charge in [-0.25, -0.2) is 0 Å². The normalized spacial score (nSPS) is 16.9. The van der Waals surface area contributed by atoms with Crippen molar-refractivity contribution in [3.63, 3.8) is 0 Å². The lowest BCUT2D eigenvalue weighted by Gasteiger charge is -2.09. The number of hydrogen-bond acceptors (Lipinski definition) is 4. The van der Waals surface area contributed by atoms with Gasteiger partial charge in [0.2, 0.25) is 0 Å². The Balaban J connectivity index is 2.32. The van der Waals surface area contributed by atoms with Gasteiger partial charge in [-0.15, -0.1) is 0 Å². The third-order valence-corrected chi connectivity index (χ3v) is 2.84. The third-order valence-electron chi connectivity index (χ3n) is 2.84. The Morgan fingerprint density at radius 2 is 2.25 bits per heavy atom. The van der Waals surface area contributed by atoms with Crippen molar-refractivity contribution >= 4 is 5.69 Å². The van der Waals surface area contributed by atoms with Crippen LogP contribution in [0.5, 0.6) is 5.75 Å². The Bertz CT molecular complexity index is 426. The minimum Gasteiger partial charge on any atom is -0.497 e. The van der Waals surface area contributed by atoms with Crippen molar-refractivity contribution in [3.05, 3.63) is 33.9 Å². The molecule has 0 aliphatic heterocycles. The van der Waals surface area contributed by atoms with Crippen molar-refractivity contribution in [1.82, 2.24) is 0 Å². The summed E-state index contributed by atoms with van der Waals surface area (Å²) >= 11 is 0. The molecule has 2 rings (SSSR count). The van der Waals surface area contributed by atoms with Crippen LogP contribution in [0.1, 0.15) is 18.4 Å². The van der Waals surface area contributed by atoms with Crippen LogP contribution in [0.25, 0.3) is 0 Å². The van der Waals surface area contributed by atoms with Gasteiger partial charge in [0.1, 0.15) is 5.75 Å². The van der Waals surface area contributed by atoms with Gasteiger partial charge in [0.25, 0.3) is 5.69 Å². The topological polar surface area (TPSA) is 72.6 Å². The van der Waals surface area contributed by atoms with Crippen molar-refractivity contribution in [2.75, 3.05) is 7.11 Å². The van der Waals surface area contributed by atoms with Gasteiger partial charge in [-0.05, 0) is 25.0 Å². The van der Waals surface area contributed by atoms with Crippen LogP contribution in [0.15, 0.2) is 18.2 Å². The summed E-state index contributed by atoms with van der Waals surface area (Å²) in [7, 11) is 1.47. The number of rotatable bonds is 4. The lowest BCUT2D eigenvalue weighted by atomic mass is 10.0. The number of methoxy groups -OCH3 is 1. The molecule has 1 aliphatic carbocycles. The number of hydrogen-bond donors (Lipinski definition) is 1. The third kappa shape index (κ3) is 2.14. The maximum atomic E-state index is 10.9. The molecule has 0 atom stereocenters. The average molecular weight is 223 g/mol. The first-order valence-corrected chi connectivity index (χ1v) is 5.08. The molecule has 0 bridgehead atoms. The average Bonchev–Trinajstić information content (AvgIpc) is 2.96. The van der Waals surface area contributed by atoms with E-state index in [0.29, 0.717) is 17.7 Å². The van der Waals surface area contributed by atoms with Crippen LogP contribution in [0.4, 0.5) is 5.69 Å². The standard InChI is InChI=1S/C11H13NO4/c1-16-9-3-2-8(7-11(13)4-5-11)10(6-9)12(14)15/h2-3,6,13H,4-5,7H2,1H3. The Labute approximate surface area is 92.8 Å². The highest BCUT2D eigenvalue weighted by Gasteiger charge is 2.41. The van der Waals surface area contributed by atoms with Crippen molar-refractivity contribution in [2.24, 2.45) is 0 Å². The second-order valence-electron chi connectivity index (χ2n) is 4.15. The number of nitrogens with zero attached hydrogens (tertiary/aromatic N) is 1. The number of benzene rings is 1. The van der Waals surface area contributed by atoms with Gasteiger partial charge in [0.15, 0.2) is 0 Å². The van der Waals surface area contributed by atoms with Gasteiger partial charge >= 0.3 is 0 Å². The summed E-state index contributed by atoms with van der Waals surface area (Å²) in [5.74, 6) is 0.457. The molecule has 1 N–H and O–H groups in total. The van der Waals surface area contributed by atoms with Crippen molar-refractivity contribution in [2.45, 2.75) is 24.9 Å². The molecular weight excluding hydrogens is 210 g/mol. The largest absolute Gasteiger partial charge is 0.497 e. The molecule has 1 aromatic rings. The summed E-state index contributed by atoms with van der Waals surface area (Å²) in [6.07, 6.45) is 1.78. The van der Waals surface area contributed by atoms with E-state index in [2.05, 4.69) is 0 Å². The van der Waals surface area contributed by atoms with Crippen LogP contribution in [0, 0.1) is 10.1 Å². The molecule has 0 spiro atoms. The van der Waals surface area contributed by atoms with E-state index in [1.807, 2.05) is 0 Å². The Hall–Kier alpha value is -1.62. The second-order valence-corrected chi connectivity index (χ2v) is 4.15. The Morgan fingerprint density at radius 3 is 2.75 bits per heavy atom. The minimum absolute atomic E-state index is 0.0136. The van der Waals surface area contributed by atoms with Gasteiger partial charge in [-0.3, -0.25) is 10.1 Å². The van der Waals surface area contributed by atoms with Gasteiger partial charge in [-0.1, -0.05) is 0 Å². The van der Waals surface area contributed by atoms with Gasteiger partial charge in [-0.2, -0.15) is 0 Å². The van der Waals surface area contributed by atoms with E-state index in [9.17, 15) is 15.2 Å². The fourth-order valence-corrected chi connectivity index (χ4v) is 1.67. The summed E-state index contributed by atoms with van der Waals surface area (Å²) in [6.45, 7) is 0. The van der Waals surface area contributed by atoms with Crippen LogP contribution < -0.4 is 4.74 Å². The van der Waals surface area contributed by atoms with E-state index >= 15 is 0 Å². The van der Waals surface area contributed by atoms with Crippen molar-refractivity contribution in [3.8, 4) is 5.75 Å². The molecule has 0 amide bonds. The quantitative estimate of drug-likeness (QED) is 0.622. The highest BCUT2D eigenvalue weighted by Crippen LogP contribution is 2.40. The number of nitro benzene ring substituents is 1. The molecule has 1 aliphatic rings. The number of aliphatic hydroxyl groups is 1. The summed E-state index contributed by atoms with van der Waals surface area (Å²) in [4.78, 5) is 10.4. The van der Waals surface area contributed by atoms with E-state index in [1.54, 1.807) is 12.1 Å². The number of nitro groups is 1. The molecule has 0 radical (unpaired) electrons. The molecule has 1 saturated carbocycles. The molecule has 86 valence electrons. The van der Waals surface area contributed by atoms with Crippen LogP contribution in [0.3, 0.4) is 0 Å². The van der Waals surface area contributed by atoms with E-state index < -0.39 is 10.5 Å². The Kier molecular flexibility index (Phi) is 2.55. The smallest absolute Gasteiger partial charge is 0.276 e. The molecular formula is C11H13NO4. The lowest BCUT2D eigenvalue weighted by Crippen LogP contribution is -2.12. The van der Waals surface area contributed by atoms with E-state index in [0.717, 1.165) is 12.8 Å². The highest BCUT2D eigenvalue weighted by molar-refractivity contribution is 5.47. The molecule has 5 heteroatoms. The fraction of sp³-hybridized carbons (Fsp3) is 0.455. The molecule has 0 heterocycles. The first-order valence-electron chi connectivity index (χ1n) is 5.08. The summed E-state index contributed by atoms with van der Waals surface area (Å²) in [5, 5.41) is 20.6. The minimum atomic E-state index is -0.723. The highest BCUT2D eigenvalue weighted by atomic mass is 16.6. The van der Waals surface area contributed by atoms with Crippen LogP contribution in [-0.2, 0) is 6.42 Å². The summed E-state index contributed by atoms with van der Waals surface area (Å²) in [5.41, 5.74) is -0.148. The molecule has 5 nitrogen and oxygen atoms in total. The van der Waals surface area contributed by atoms with Gasteiger partial charge in [0.05, 0.1) is 23.7 Å². The lowest BCUT2D eigenvalue weighted by molar-refractivity contribution is -0.385. The zero-order valence-electron chi connectivity index (χ0n) is 8.97. The maximum Gasteiger partial charge on any atom is 0.276 e. The summed E-state index contributed by atoms with van der Waals surface area (Å²) < 4.78 is 4.94. The molecule has 0 saturated heterocycles. The van der Waals surface area contributed by atoms with Crippen LogP contribution >= 0.6 is 0 Å². The first-order chi connectivity index (χ1) is 7.54. The van der Waals surface area contributed by atoms with Crippen molar-refractivity contribution in [1.29, 1.82) is 0 Å². The van der Waals surface area contributed by atoms with Crippen LogP contribution in [-0.4, -0.2) is 22.7 Å². The predicted octanol–water partition coefficient (Wildman–Crippen LogP) is 1.67. The van der Waals surface area contributed by atoms with Crippen LogP contribution in [0.2, 0.25) is 0 Å². The fourth-order valence-electron chi connectivity index (χ4n) is 1.67. The van der Waals surface area contributed by atoms with Gasteiger partial charge < -0.3 is 9.84 Å². The molecule has 0 aromatic heterocycles. The monoisotopic (exact) mass is 223 g/mol. The summed E-state index contributed by atoms with van der Waals surface area (Å²) in [6, 6.07) is 4.71. The second kappa shape index (κ2) is 3.75. The van der Waals surface area contributed by atoms with E-state index in [-0.39, 0.29) is 5.69 Å². The molecule has 1 aromatic carbocycles. The first kappa shape index (κ1) is 10.9. The van der Waals surface area contributed by atoms with E-state index in [1.165, 1.54) is 13.2 Å². The number of ether oxygens (including phenoxy) is 1. The maximum absolute atomic E-state index is 10.9. The Morgan fingerprint density at radius 1 is 1.56 bits per heavy atom. The predicted molar refractivity (Wildman–Crippen MR) is 57.5 cm³/mol. The SMILES string of the molecule is COc1ccc(CC2(O)CC2)c([N+](=O)[O-])c1. The molecule has 0 unspecified atom stereocenters. The zero-order chi connectivity index (χ0) is 11.8. The molecule has 1 fully saturated rings. The zero-order valence-corrected chi connectivity index (χ0v) is 8.97. The van der Waals surface area contributed by atoms with Gasteiger partial charge in [0, 0.05) is 12.0 Å². The molecule has 16 heavy (non-hydrogen) atoms. The van der Waals surface area contributed by atoms with Crippen molar-refractivity contribution < 1.29 is 14.8 Å². The van der Waals surface area contributed by atoms with E-state index in [4.69, 9.17) is 4.74 Å².